The normalized spacial score (nSPS) is 16.4. The highest BCUT2D eigenvalue weighted by Crippen LogP contribution is 2.25. The van der Waals surface area contributed by atoms with E-state index in [1.165, 1.54) is 6.07 Å². The van der Waals surface area contributed by atoms with Crippen molar-refractivity contribution in [1.29, 1.82) is 0 Å². The Hall–Kier alpha value is -1.07. The summed E-state index contributed by atoms with van der Waals surface area (Å²) >= 11 is 0. The minimum atomic E-state index is -3.83. The average molecular weight is 316 g/mol. The molecule has 1 saturated carbocycles. The van der Waals surface area contributed by atoms with E-state index in [1.54, 1.807) is 31.0 Å². The third kappa shape index (κ3) is 3.15. The maximum atomic E-state index is 12.4. The van der Waals surface area contributed by atoms with Crippen molar-refractivity contribution >= 4 is 25.6 Å². The molecule has 0 atom stereocenters. The summed E-state index contributed by atoms with van der Waals surface area (Å²) in [4.78, 5) is 14.1. The molecular weight excluding hydrogens is 298 g/mol. The SMILES string of the molecule is Cc1ccc(C(=O)N(C)C2CCCC2)cc1S(=O)(=O)Cl. The largest absolute Gasteiger partial charge is 0.339 e. The molecule has 1 aliphatic carbocycles. The Morgan fingerprint density at radius 3 is 2.45 bits per heavy atom. The number of halogens is 1. The number of hydrogen-bond acceptors (Lipinski definition) is 3. The first-order chi connectivity index (χ1) is 9.30. The molecule has 4 nitrogen and oxygen atoms in total. The summed E-state index contributed by atoms with van der Waals surface area (Å²) in [6, 6.07) is 4.88. The lowest BCUT2D eigenvalue weighted by Gasteiger charge is -2.24. The van der Waals surface area contributed by atoms with Crippen LogP contribution in [0.2, 0.25) is 0 Å². The molecule has 0 heterocycles. The van der Waals surface area contributed by atoms with Crippen LogP contribution in [0.3, 0.4) is 0 Å². The lowest BCUT2D eigenvalue weighted by Crippen LogP contribution is -2.35. The highest BCUT2D eigenvalue weighted by Gasteiger charge is 2.25. The van der Waals surface area contributed by atoms with E-state index >= 15 is 0 Å². The van der Waals surface area contributed by atoms with E-state index in [2.05, 4.69) is 0 Å². The van der Waals surface area contributed by atoms with Gasteiger partial charge in [-0.3, -0.25) is 4.79 Å². The molecule has 0 bridgehead atoms. The number of carbonyl (C=O) groups excluding carboxylic acids is 1. The Morgan fingerprint density at radius 2 is 1.90 bits per heavy atom. The van der Waals surface area contributed by atoms with Crippen LogP contribution in [-0.2, 0) is 9.05 Å². The molecule has 2 rings (SSSR count). The zero-order chi connectivity index (χ0) is 14.9. The molecule has 1 amide bonds. The summed E-state index contributed by atoms with van der Waals surface area (Å²) in [6.45, 7) is 1.66. The van der Waals surface area contributed by atoms with Gasteiger partial charge in [-0.25, -0.2) is 8.42 Å². The number of rotatable bonds is 3. The Bertz CT molecular complexity index is 621. The second-order valence-corrected chi connectivity index (χ2v) is 7.81. The van der Waals surface area contributed by atoms with Crippen molar-refractivity contribution in [2.45, 2.75) is 43.5 Å². The monoisotopic (exact) mass is 315 g/mol. The van der Waals surface area contributed by atoms with Gasteiger partial charge in [-0.2, -0.15) is 0 Å². The molecule has 0 spiro atoms. The maximum absolute atomic E-state index is 12.4. The molecule has 0 N–H and O–H groups in total. The predicted molar refractivity (Wildman–Crippen MR) is 78.6 cm³/mol. The fourth-order valence-corrected chi connectivity index (χ4v) is 3.88. The van der Waals surface area contributed by atoms with E-state index in [1.807, 2.05) is 0 Å². The van der Waals surface area contributed by atoms with Gasteiger partial charge in [-0.15, -0.1) is 0 Å². The fraction of sp³-hybridized carbons (Fsp3) is 0.500. The molecule has 0 saturated heterocycles. The second kappa shape index (κ2) is 5.74. The molecule has 1 aromatic carbocycles. The van der Waals surface area contributed by atoms with Crippen LogP contribution >= 0.6 is 10.7 Å². The molecule has 0 radical (unpaired) electrons. The number of benzene rings is 1. The van der Waals surface area contributed by atoms with Crippen molar-refractivity contribution in [1.82, 2.24) is 4.90 Å². The molecular formula is C14H18ClNO3S. The van der Waals surface area contributed by atoms with Crippen LogP contribution < -0.4 is 0 Å². The van der Waals surface area contributed by atoms with Crippen molar-refractivity contribution in [2.24, 2.45) is 0 Å². The van der Waals surface area contributed by atoms with Crippen LogP contribution in [-0.4, -0.2) is 32.3 Å². The zero-order valence-corrected chi connectivity index (χ0v) is 13.2. The van der Waals surface area contributed by atoms with Gasteiger partial charge in [0, 0.05) is 29.3 Å². The first kappa shape index (κ1) is 15.3. The first-order valence-electron chi connectivity index (χ1n) is 6.63. The highest BCUT2D eigenvalue weighted by atomic mass is 35.7. The van der Waals surface area contributed by atoms with Gasteiger partial charge in [-0.05, 0) is 37.5 Å². The lowest BCUT2D eigenvalue weighted by molar-refractivity contribution is 0.0735. The number of carbonyl (C=O) groups is 1. The van der Waals surface area contributed by atoms with Crippen molar-refractivity contribution in [3.05, 3.63) is 29.3 Å². The lowest BCUT2D eigenvalue weighted by atomic mass is 10.1. The smallest absolute Gasteiger partial charge is 0.261 e. The molecule has 20 heavy (non-hydrogen) atoms. The number of aryl methyl sites for hydroxylation is 1. The predicted octanol–water partition coefficient (Wildman–Crippen LogP) is 2.94. The Labute approximate surface area is 124 Å². The molecule has 1 fully saturated rings. The van der Waals surface area contributed by atoms with Crippen LogP contribution in [0.25, 0.3) is 0 Å². The standard InChI is InChI=1S/C14H18ClNO3S/c1-10-7-8-11(9-13(10)20(15,18)19)14(17)16(2)12-5-3-4-6-12/h7-9,12H,3-6H2,1-2H3. The number of nitrogens with zero attached hydrogens (tertiary/aromatic N) is 1. The summed E-state index contributed by atoms with van der Waals surface area (Å²) in [5.41, 5.74) is 0.907. The minimum Gasteiger partial charge on any atom is -0.339 e. The van der Waals surface area contributed by atoms with Crippen molar-refractivity contribution in [3.8, 4) is 0 Å². The van der Waals surface area contributed by atoms with E-state index in [-0.39, 0.29) is 16.8 Å². The van der Waals surface area contributed by atoms with Crippen LogP contribution in [0, 0.1) is 6.92 Å². The Morgan fingerprint density at radius 1 is 1.30 bits per heavy atom. The zero-order valence-electron chi connectivity index (χ0n) is 11.6. The Balaban J connectivity index is 2.31. The van der Waals surface area contributed by atoms with Crippen LogP contribution in [0.1, 0.15) is 41.6 Å². The molecule has 110 valence electrons. The summed E-state index contributed by atoms with van der Waals surface area (Å²) < 4.78 is 23.0. The van der Waals surface area contributed by atoms with Crippen molar-refractivity contribution in [3.63, 3.8) is 0 Å². The van der Waals surface area contributed by atoms with Gasteiger partial charge in [0.15, 0.2) is 0 Å². The molecule has 0 unspecified atom stereocenters. The van der Waals surface area contributed by atoms with Crippen LogP contribution in [0.5, 0.6) is 0 Å². The molecule has 0 aliphatic heterocycles. The molecule has 1 aliphatic rings. The van der Waals surface area contributed by atoms with Crippen molar-refractivity contribution < 1.29 is 13.2 Å². The summed E-state index contributed by atoms with van der Waals surface area (Å²) in [7, 11) is 3.33. The van der Waals surface area contributed by atoms with Gasteiger partial charge in [0.2, 0.25) is 0 Å². The van der Waals surface area contributed by atoms with E-state index in [9.17, 15) is 13.2 Å². The topological polar surface area (TPSA) is 54.5 Å². The third-order valence-electron chi connectivity index (χ3n) is 3.89. The van der Waals surface area contributed by atoms with Gasteiger partial charge in [-0.1, -0.05) is 18.9 Å². The van der Waals surface area contributed by atoms with Gasteiger partial charge >= 0.3 is 0 Å². The van der Waals surface area contributed by atoms with E-state index in [4.69, 9.17) is 10.7 Å². The van der Waals surface area contributed by atoms with Gasteiger partial charge in [0.1, 0.15) is 0 Å². The third-order valence-corrected chi connectivity index (χ3v) is 5.35. The maximum Gasteiger partial charge on any atom is 0.261 e. The van der Waals surface area contributed by atoms with Gasteiger partial charge in [0.25, 0.3) is 15.0 Å². The quantitative estimate of drug-likeness (QED) is 0.806. The van der Waals surface area contributed by atoms with Crippen molar-refractivity contribution in [2.75, 3.05) is 7.05 Å². The number of hydrogen-bond donors (Lipinski definition) is 0. The van der Waals surface area contributed by atoms with E-state index < -0.39 is 9.05 Å². The van der Waals surface area contributed by atoms with Gasteiger partial charge < -0.3 is 4.90 Å². The van der Waals surface area contributed by atoms with E-state index in [0.717, 1.165) is 25.7 Å². The first-order valence-corrected chi connectivity index (χ1v) is 8.94. The van der Waals surface area contributed by atoms with E-state index in [0.29, 0.717) is 11.1 Å². The summed E-state index contributed by atoms with van der Waals surface area (Å²) in [5.74, 6) is -0.154. The molecule has 6 heteroatoms. The summed E-state index contributed by atoms with van der Waals surface area (Å²) in [6.07, 6.45) is 4.29. The summed E-state index contributed by atoms with van der Waals surface area (Å²) in [5, 5.41) is 0. The average Bonchev–Trinajstić information content (AvgIpc) is 2.90. The number of amides is 1. The highest BCUT2D eigenvalue weighted by molar-refractivity contribution is 8.13. The Kier molecular flexibility index (Phi) is 4.39. The minimum absolute atomic E-state index is 0.00448. The fourth-order valence-electron chi connectivity index (χ4n) is 2.66. The second-order valence-electron chi connectivity index (χ2n) is 5.27. The van der Waals surface area contributed by atoms with Crippen LogP contribution in [0.15, 0.2) is 23.1 Å². The van der Waals surface area contributed by atoms with Gasteiger partial charge in [0.05, 0.1) is 4.90 Å². The van der Waals surface area contributed by atoms with Crippen LogP contribution in [0.4, 0.5) is 0 Å². The molecule has 0 aromatic heterocycles. The molecule has 1 aromatic rings.